The second-order valence-corrected chi connectivity index (χ2v) is 6.52. The van der Waals surface area contributed by atoms with Gasteiger partial charge in [0.2, 0.25) is 5.91 Å². The van der Waals surface area contributed by atoms with E-state index in [1.54, 1.807) is 24.3 Å². The third kappa shape index (κ3) is 4.72. The third-order valence-electron chi connectivity index (χ3n) is 4.47. The first-order chi connectivity index (χ1) is 13.6. The molecule has 0 aliphatic rings. The molecule has 0 heterocycles. The minimum absolute atomic E-state index is 0.0472. The van der Waals surface area contributed by atoms with Gasteiger partial charge in [0, 0.05) is 11.1 Å². The van der Waals surface area contributed by atoms with Crippen LogP contribution in [0.5, 0.6) is 0 Å². The van der Waals surface area contributed by atoms with Crippen LogP contribution >= 0.6 is 0 Å². The zero-order valence-corrected chi connectivity index (χ0v) is 15.1. The van der Waals surface area contributed by atoms with Gasteiger partial charge in [-0.15, -0.1) is 0 Å². The molecule has 0 saturated heterocycles. The summed E-state index contributed by atoms with van der Waals surface area (Å²) in [5, 5.41) is 11.9. The molecule has 29 heavy (non-hydrogen) atoms. The number of halogens is 3. The van der Waals surface area contributed by atoms with Gasteiger partial charge in [-0.2, -0.15) is 13.2 Å². The van der Waals surface area contributed by atoms with Gasteiger partial charge in [-0.1, -0.05) is 30.3 Å². The molecule has 0 aliphatic heterocycles. The molecule has 0 saturated carbocycles. The lowest BCUT2D eigenvalue weighted by Gasteiger charge is -2.16. The second-order valence-electron chi connectivity index (χ2n) is 6.52. The van der Waals surface area contributed by atoms with Gasteiger partial charge in [-0.3, -0.25) is 14.8 Å². The van der Waals surface area contributed by atoms with Crippen molar-refractivity contribution >= 4 is 22.6 Å². The lowest BCUT2D eigenvalue weighted by Crippen LogP contribution is -2.29. The Morgan fingerprint density at radius 2 is 1.59 bits per heavy atom. The molecule has 0 fully saturated rings. The van der Waals surface area contributed by atoms with Crippen LogP contribution in [0, 0.1) is 0 Å². The van der Waals surface area contributed by atoms with Crippen LogP contribution in [0.3, 0.4) is 0 Å². The van der Waals surface area contributed by atoms with Crippen LogP contribution in [0.2, 0.25) is 0 Å². The van der Waals surface area contributed by atoms with E-state index < -0.39 is 23.6 Å². The molecule has 3 N–H and O–H groups in total. The first-order valence-electron chi connectivity index (χ1n) is 8.65. The molecule has 2 amide bonds. The Balaban J connectivity index is 1.74. The molecule has 0 atom stereocenters. The van der Waals surface area contributed by atoms with Crippen molar-refractivity contribution in [3.8, 4) is 0 Å². The molecule has 3 aromatic carbocycles. The number of nitrogens with zero attached hydrogens (tertiary/aromatic N) is 1. The van der Waals surface area contributed by atoms with E-state index in [2.05, 4.69) is 0 Å². The third-order valence-corrected chi connectivity index (χ3v) is 4.47. The van der Waals surface area contributed by atoms with Crippen LogP contribution in [-0.4, -0.2) is 28.6 Å². The predicted octanol–water partition coefficient (Wildman–Crippen LogP) is 4.03. The molecule has 0 aliphatic carbocycles. The standard InChI is InChI=1S/C21H17F3N2O3/c22-21(23,24)18-3-1-2-13(10-18)8-9-26(29)20(28)16-7-5-14-4-6-15(19(25)27)11-17(14)12-16/h1-7,10-12,29H,8-9H2,(H2,25,27). The highest BCUT2D eigenvalue weighted by atomic mass is 19.4. The van der Waals surface area contributed by atoms with E-state index in [0.29, 0.717) is 16.0 Å². The largest absolute Gasteiger partial charge is 0.416 e. The van der Waals surface area contributed by atoms with Crippen molar-refractivity contribution in [1.29, 1.82) is 0 Å². The summed E-state index contributed by atoms with van der Waals surface area (Å²) in [7, 11) is 0. The highest BCUT2D eigenvalue weighted by Gasteiger charge is 2.30. The lowest BCUT2D eigenvalue weighted by molar-refractivity contribution is -0.137. The number of carbonyl (C=O) groups excluding carboxylic acids is 2. The topological polar surface area (TPSA) is 83.6 Å². The van der Waals surface area contributed by atoms with Crippen molar-refractivity contribution in [2.24, 2.45) is 5.73 Å². The van der Waals surface area contributed by atoms with Crippen molar-refractivity contribution in [2.75, 3.05) is 6.54 Å². The van der Waals surface area contributed by atoms with Crippen molar-refractivity contribution in [3.05, 3.63) is 82.9 Å². The van der Waals surface area contributed by atoms with E-state index >= 15 is 0 Å². The monoisotopic (exact) mass is 402 g/mol. The molecule has 3 rings (SSSR count). The fraction of sp³-hybridized carbons (Fsp3) is 0.143. The van der Waals surface area contributed by atoms with Crippen LogP contribution in [0.15, 0.2) is 60.7 Å². The number of hydroxylamine groups is 2. The Morgan fingerprint density at radius 1 is 0.931 bits per heavy atom. The van der Waals surface area contributed by atoms with Gasteiger partial charge in [0.25, 0.3) is 5.91 Å². The van der Waals surface area contributed by atoms with Crippen molar-refractivity contribution in [2.45, 2.75) is 12.6 Å². The summed E-state index contributed by atoms with van der Waals surface area (Å²) >= 11 is 0. The zero-order valence-electron chi connectivity index (χ0n) is 15.1. The van der Waals surface area contributed by atoms with E-state index in [1.807, 2.05) is 0 Å². The van der Waals surface area contributed by atoms with Crippen LogP contribution in [0.1, 0.15) is 31.8 Å². The molecule has 0 spiro atoms. The Morgan fingerprint density at radius 3 is 2.24 bits per heavy atom. The molecule has 5 nitrogen and oxygen atoms in total. The van der Waals surface area contributed by atoms with Gasteiger partial charge in [0.1, 0.15) is 0 Å². The van der Waals surface area contributed by atoms with Crippen LogP contribution in [-0.2, 0) is 12.6 Å². The van der Waals surface area contributed by atoms with E-state index in [0.717, 1.165) is 17.5 Å². The average Bonchev–Trinajstić information content (AvgIpc) is 2.70. The Bertz CT molecular complexity index is 1080. The Kier molecular flexibility index (Phi) is 5.56. The molecule has 150 valence electrons. The van der Waals surface area contributed by atoms with Crippen LogP contribution in [0.25, 0.3) is 10.8 Å². The number of carbonyl (C=O) groups is 2. The van der Waals surface area contributed by atoms with Crippen molar-refractivity contribution in [1.82, 2.24) is 5.06 Å². The van der Waals surface area contributed by atoms with E-state index in [1.165, 1.54) is 24.3 Å². The van der Waals surface area contributed by atoms with Crippen LogP contribution < -0.4 is 5.73 Å². The number of rotatable bonds is 5. The minimum Gasteiger partial charge on any atom is -0.366 e. The van der Waals surface area contributed by atoms with Gasteiger partial charge in [0.15, 0.2) is 0 Å². The molecular formula is C21H17F3N2O3. The van der Waals surface area contributed by atoms with Crippen molar-refractivity contribution in [3.63, 3.8) is 0 Å². The number of alkyl halides is 3. The Labute approximate surface area is 164 Å². The summed E-state index contributed by atoms with van der Waals surface area (Å²) in [6.07, 6.45) is -4.41. The maximum atomic E-state index is 12.8. The van der Waals surface area contributed by atoms with E-state index in [4.69, 9.17) is 5.73 Å². The summed E-state index contributed by atoms with van der Waals surface area (Å²) in [6, 6.07) is 14.2. The molecule has 8 heteroatoms. The van der Waals surface area contributed by atoms with Crippen LogP contribution in [0.4, 0.5) is 13.2 Å². The number of amides is 2. The number of fused-ring (bicyclic) bond motifs is 1. The first-order valence-corrected chi connectivity index (χ1v) is 8.65. The normalized spacial score (nSPS) is 11.4. The lowest BCUT2D eigenvalue weighted by atomic mass is 10.0. The SMILES string of the molecule is NC(=O)c1ccc2ccc(C(=O)N(O)CCc3cccc(C(F)(F)F)c3)cc2c1. The highest BCUT2D eigenvalue weighted by molar-refractivity contribution is 6.01. The Hall–Kier alpha value is -3.39. The quantitative estimate of drug-likeness (QED) is 0.499. The molecule has 3 aromatic rings. The molecular weight excluding hydrogens is 385 g/mol. The maximum absolute atomic E-state index is 12.8. The molecule has 0 aromatic heterocycles. The first kappa shape index (κ1) is 20.3. The van der Waals surface area contributed by atoms with E-state index in [9.17, 15) is 28.0 Å². The van der Waals surface area contributed by atoms with Gasteiger partial charge in [-0.05, 0) is 53.1 Å². The summed E-state index contributed by atoms with van der Waals surface area (Å²) in [5.41, 5.74) is 5.27. The summed E-state index contributed by atoms with van der Waals surface area (Å²) in [4.78, 5) is 23.8. The summed E-state index contributed by atoms with van der Waals surface area (Å²) in [5.74, 6) is -1.31. The number of nitrogens with two attached hydrogens (primary N) is 1. The van der Waals surface area contributed by atoms with Gasteiger partial charge < -0.3 is 5.73 Å². The van der Waals surface area contributed by atoms with Gasteiger partial charge >= 0.3 is 6.18 Å². The number of primary amides is 1. The smallest absolute Gasteiger partial charge is 0.366 e. The fourth-order valence-electron chi connectivity index (χ4n) is 2.92. The second kappa shape index (κ2) is 7.92. The van der Waals surface area contributed by atoms with Crippen molar-refractivity contribution < 1.29 is 28.0 Å². The maximum Gasteiger partial charge on any atom is 0.416 e. The molecule has 0 radical (unpaired) electrons. The van der Waals surface area contributed by atoms with E-state index in [-0.39, 0.29) is 24.1 Å². The van der Waals surface area contributed by atoms with Gasteiger partial charge in [-0.25, -0.2) is 5.06 Å². The fourth-order valence-corrected chi connectivity index (χ4v) is 2.92. The predicted molar refractivity (Wildman–Crippen MR) is 100 cm³/mol. The highest BCUT2D eigenvalue weighted by Crippen LogP contribution is 2.29. The number of hydrogen-bond donors (Lipinski definition) is 2. The molecule has 0 unspecified atom stereocenters. The zero-order chi connectivity index (χ0) is 21.2. The average molecular weight is 402 g/mol. The summed E-state index contributed by atoms with van der Waals surface area (Å²) < 4.78 is 38.3. The number of hydrogen-bond acceptors (Lipinski definition) is 3. The van der Waals surface area contributed by atoms with Gasteiger partial charge in [0.05, 0.1) is 12.1 Å². The minimum atomic E-state index is -4.46. The number of benzene rings is 3. The summed E-state index contributed by atoms with van der Waals surface area (Å²) in [6.45, 7) is -0.181. The molecule has 0 bridgehead atoms.